The fourth-order valence-corrected chi connectivity index (χ4v) is 2.25. The van der Waals surface area contributed by atoms with Gasteiger partial charge in [-0.1, -0.05) is 23.2 Å². The Hall–Kier alpha value is -0.970. The molecule has 0 bridgehead atoms. The van der Waals surface area contributed by atoms with Gasteiger partial charge in [-0.3, -0.25) is 0 Å². The van der Waals surface area contributed by atoms with Crippen LogP contribution in [0.15, 0.2) is 12.1 Å². The predicted molar refractivity (Wildman–Crippen MR) is 84.9 cm³/mol. The Bertz CT molecular complexity index is 498. The lowest BCUT2D eigenvalue weighted by Crippen LogP contribution is -2.33. The third-order valence-corrected chi connectivity index (χ3v) is 3.38. The lowest BCUT2D eigenvalue weighted by atomic mass is 10.1. The number of hydrogen-bond donors (Lipinski definition) is 2. The minimum atomic E-state index is -0.499. The van der Waals surface area contributed by atoms with E-state index in [0.29, 0.717) is 35.0 Å². The van der Waals surface area contributed by atoms with E-state index in [2.05, 4.69) is 5.32 Å². The molecule has 0 aromatic heterocycles. The maximum absolute atomic E-state index is 11.5. The summed E-state index contributed by atoms with van der Waals surface area (Å²) in [5, 5.41) is 12.9. The highest BCUT2D eigenvalue weighted by molar-refractivity contribution is 6.34. The van der Waals surface area contributed by atoms with Gasteiger partial charge >= 0.3 is 6.09 Å². The molecule has 1 aromatic rings. The number of benzene rings is 1. The highest BCUT2D eigenvalue weighted by Gasteiger charge is 2.15. The average molecular weight is 334 g/mol. The van der Waals surface area contributed by atoms with Crippen molar-refractivity contribution >= 4 is 29.3 Å². The van der Waals surface area contributed by atoms with Crippen LogP contribution in [0.25, 0.3) is 0 Å². The molecule has 0 aliphatic carbocycles. The Kier molecular flexibility index (Phi) is 6.78. The second kappa shape index (κ2) is 7.87. The summed E-state index contributed by atoms with van der Waals surface area (Å²) in [4.78, 5) is 11.5. The van der Waals surface area contributed by atoms with Crippen LogP contribution < -0.4 is 5.32 Å². The quantitative estimate of drug-likeness (QED) is 0.802. The van der Waals surface area contributed by atoms with Crippen LogP contribution in [0.3, 0.4) is 0 Å². The highest BCUT2D eigenvalue weighted by Crippen LogP contribution is 2.26. The van der Waals surface area contributed by atoms with E-state index < -0.39 is 11.7 Å². The minimum absolute atomic E-state index is 0.140. The molecule has 0 atom stereocenters. The zero-order valence-corrected chi connectivity index (χ0v) is 14.0. The normalized spacial score (nSPS) is 11.3. The number of carbonyl (C=O) groups is 1. The van der Waals surface area contributed by atoms with Gasteiger partial charge in [0, 0.05) is 16.6 Å². The van der Waals surface area contributed by atoms with Crippen LogP contribution in [-0.4, -0.2) is 23.3 Å². The SMILES string of the molecule is CC(C)(C)OC(=O)NCCCc1cc(Cl)c(CO)cc1Cl. The van der Waals surface area contributed by atoms with Crippen LogP contribution in [0, 0.1) is 0 Å². The van der Waals surface area contributed by atoms with Crippen molar-refractivity contribution < 1.29 is 14.6 Å². The molecular formula is C15H21Cl2NO3. The van der Waals surface area contributed by atoms with Gasteiger partial charge in [0.25, 0.3) is 0 Å². The van der Waals surface area contributed by atoms with E-state index in [0.717, 1.165) is 5.56 Å². The fraction of sp³-hybridized carbons (Fsp3) is 0.533. The van der Waals surface area contributed by atoms with Crippen molar-refractivity contribution in [3.05, 3.63) is 33.3 Å². The molecule has 21 heavy (non-hydrogen) atoms. The summed E-state index contributed by atoms with van der Waals surface area (Å²) in [7, 11) is 0. The van der Waals surface area contributed by atoms with Gasteiger partial charge in [0.05, 0.1) is 6.61 Å². The number of ether oxygens (including phenoxy) is 1. The molecule has 0 aliphatic heterocycles. The standard InChI is InChI=1S/C15H21Cl2NO3/c1-15(2,3)21-14(20)18-6-4-5-10-7-13(17)11(9-19)8-12(10)16/h7-8,19H,4-6,9H2,1-3H3,(H,18,20). The Balaban J connectivity index is 2.43. The van der Waals surface area contributed by atoms with Gasteiger partial charge in [-0.25, -0.2) is 4.79 Å². The molecule has 4 nitrogen and oxygen atoms in total. The van der Waals surface area contributed by atoms with Gasteiger partial charge in [-0.2, -0.15) is 0 Å². The van der Waals surface area contributed by atoms with Crippen molar-refractivity contribution in [3.8, 4) is 0 Å². The zero-order valence-electron chi connectivity index (χ0n) is 12.5. The number of alkyl carbamates (subject to hydrolysis) is 1. The average Bonchev–Trinajstić information content (AvgIpc) is 2.35. The van der Waals surface area contributed by atoms with Gasteiger partial charge in [-0.05, 0) is 56.9 Å². The second-order valence-corrected chi connectivity index (χ2v) is 6.54. The molecule has 0 saturated heterocycles. The van der Waals surface area contributed by atoms with Crippen LogP contribution in [0.4, 0.5) is 4.79 Å². The molecule has 0 aliphatic rings. The molecule has 1 rings (SSSR count). The molecule has 0 unspecified atom stereocenters. The molecule has 0 fully saturated rings. The summed E-state index contributed by atoms with van der Waals surface area (Å²) < 4.78 is 5.14. The summed E-state index contributed by atoms with van der Waals surface area (Å²) in [5.74, 6) is 0. The van der Waals surface area contributed by atoms with Gasteiger partial charge in [0.15, 0.2) is 0 Å². The van der Waals surface area contributed by atoms with Crippen molar-refractivity contribution in [2.24, 2.45) is 0 Å². The van der Waals surface area contributed by atoms with E-state index in [1.165, 1.54) is 0 Å². The fourth-order valence-electron chi connectivity index (χ4n) is 1.73. The van der Waals surface area contributed by atoms with Crippen LogP contribution in [0.1, 0.15) is 38.3 Å². The first-order valence-electron chi connectivity index (χ1n) is 6.77. The summed E-state index contributed by atoms with van der Waals surface area (Å²) in [6.45, 7) is 5.80. The van der Waals surface area contributed by atoms with Crippen LogP contribution >= 0.6 is 23.2 Å². The maximum atomic E-state index is 11.5. The van der Waals surface area contributed by atoms with Crippen molar-refractivity contribution in [1.29, 1.82) is 0 Å². The van der Waals surface area contributed by atoms with E-state index in [-0.39, 0.29) is 6.61 Å². The lowest BCUT2D eigenvalue weighted by Gasteiger charge is -2.19. The zero-order chi connectivity index (χ0) is 16.0. The molecular weight excluding hydrogens is 313 g/mol. The first-order valence-corrected chi connectivity index (χ1v) is 7.53. The van der Waals surface area contributed by atoms with E-state index in [1.807, 2.05) is 20.8 Å². The number of aliphatic hydroxyl groups excluding tert-OH is 1. The van der Waals surface area contributed by atoms with Crippen molar-refractivity contribution in [1.82, 2.24) is 5.32 Å². The third-order valence-electron chi connectivity index (χ3n) is 2.68. The summed E-state index contributed by atoms with van der Waals surface area (Å²) in [6, 6.07) is 3.42. The Morgan fingerprint density at radius 2 is 1.81 bits per heavy atom. The number of aliphatic hydroxyl groups is 1. The van der Waals surface area contributed by atoms with Crippen molar-refractivity contribution in [3.63, 3.8) is 0 Å². The largest absolute Gasteiger partial charge is 0.444 e. The number of carbonyl (C=O) groups excluding carboxylic acids is 1. The van der Waals surface area contributed by atoms with Gasteiger partial charge < -0.3 is 15.2 Å². The lowest BCUT2D eigenvalue weighted by molar-refractivity contribution is 0.0527. The number of nitrogens with one attached hydrogen (secondary N) is 1. The van der Waals surface area contributed by atoms with Crippen LogP contribution in [-0.2, 0) is 17.8 Å². The molecule has 6 heteroatoms. The maximum Gasteiger partial charge on any atom is 0.407 e. The summed E-state index contributed by atoms with van der Waals surface area (Å²) in [6.07, 6.45) is 0.968. The molecule has 1 aromatic carbocycles. The van der Waals surface area contributed by atoms with Crippen LogP contribution in [0.5, 0.6) is 0 Å². The smallest absolute Gasteiger partial charge is 0.407 e. The second-order valence-electron chi connectivity index (χ2n) is 5.73. The van der Waals surface area contributed by atoms with E-state index >= 15 is 0 Å². The number of amides is 1. The Morgan fingerprint density at radius 3 is 2.38 bits per heavy atom. The predicted octanol–water partition coefficient (Wildman–Crippen LogP) is 3.94. The van der Waals surface area contributed by atoms with E-state index in [1.54, 1.807) is 12.1 Å². The first kappa shape index (κ1) is 18.1. The van der Waals surface area contributed by atoms with Gasteiger partial charge in [0.1, 0.15) is 5.60 Å². The van der Waals surface area contributed by atoms with Gasteiger partial charge in [0.2, 0.25) is 0 Å². The molecule has 2 N–H and O–H groups in total. The molecule has 1 amide bonds. The molecule has 118 valence electrons. The Labute approximate surface area is 135 Å². The molecule has 0 spiro atoms. The van der Waals surface area contributed by atoms with E-state index in [4.69, 9.17) is 33.0 Å². The summed E-state index contributed by atoms with van der Waals surface area (Å²) >= 11 is 12.2. The topological polar surface area (TPSA) is 58.6 Å². The van der Waals surface area contributed by atoms with Crippen LogP contribution in [0.2, 0.25) is 10.0 Å². The van der Waals surface area contributed by atoms with Gasteiger partial charge in [-0.15, -0.1) is 0 Å². The van der Waals surface area contributed by atoms with Crippen molar-refractivity contribution in [2.45, 2.75) is 45.8 Å². The number of aryl methyl sites for hydroxylation is 1. The first-order chi connectivity index (χ1) is 9.73. The van der Waals surface area contributed by atoms with Crippen molar-refractivity contribution in [2.75, 3.05) is 6.54 Å². The molecule has 0 heterocycles. The third kappa shape index (κ3) is 6.55. The Morgan fingerprint density at radius 1 is 1.24 bits per heavy atom. The minimum Gasteiger partial charge on any atom is -0.444 e. The highest BCUT2D eigenvalue weighted by atomic mass is 35.5. The number of halogens is 2. The summed E-state index contributed by atoms with van der Waals surface area (Å²) in [5.41, 5.74) is 1.00. The molecule has 0 radical (unpaired) electrons. The molecule has 0 saturated carbocycles. The monoisotopic (exact) mass is 333 g/mol. The number of hydrogen-bond acceptors (Lipinski definition) is 3. The number of rotatable bonds is 5. The van der Waals surface area contributed by atoms with E-state index in [9.17, 15) is 4.79 Å².